The van der Waals surface area contributed by atoms with Crippen molar-refractivity contribution in [1.82, 2.24) is 10.3 Å². The highest BCUT2D eigenvalue weighted by Gasteiger charge is 2.18. The Morgan fingerprint density at radius 3 is 2.80 bits per heavy atom. The molecule has 2 aromatic rings. The van der Waals surface area contributed by atoms with Crippen LogP contribution in [0.25, 0.3) is 0 Å². The number of benzene rings is 1. The summed E-state index contributed by atoms with van der Waals surface area (Å²) in [6.07, 6.45) is 4.06. The van der Waals surface area contributed by atoms with Crippen molar-refractivity contribution in [2.24, 2.45) is 0 Å². The van der Waals surface area contributed by atoms with E-state index in [1.807, 2.05) is 23.8 Å². The molecular weight excluding hydrogens is 268 g/mol. The molecule has 1 heterocycles. The molecule has 1 atom stereocenters. The van der Waals surface area contributed by atoms with Gasteiger partial charge in [-0.15, -0.1) is 11.3 Å². The van der Waals surface area contributed by atoms with Crippen molar-refractivity contribution in [3.63, 3.8) is 0 Å². The lowest BCUT2D eigenvalue weighted by Gasteiger charge is -2.20. The second kappa shape index (κ2) is 8.02. The Bertz CT molecular complexity index is 499. The van der Waals surface area contributed by atoms with Crippen molar-refractivity contribution in [1.29, 1.82) is 0 Å². The molecule has 0 bridgehead atoms. The van der Waals surface area contributed by atoms with Crippen LogP contribution in [0.5, 0.6) is 5.75 Å². The molecule has 0 amide bonds. The Kier molecular flexibility index (Phi) is 6.02. The minimum atomic E-state index is 0.163. The van der Waals surface area contributed by atoms with Crippen molar-refractivity contribution in [2.45, 2.75) is 32.7 Å². The molecule has 1 aromatic heterocycles. The Morgan fingerprint density at radius 1 is 1.25 bits per heavy atom. The third kappa shape index (κ3) is 3.81. The minimum Gasteiger partial charge on any atom is -0.493 e. The Balaban J connectivity index is 2.28. The van der Waals surface area contributed by atoms with Crippen LogP contribution in [0.2, 0.25) is 0 Å². The number of nitrogens with one attached hydrogen (secondary N) is 1. The maximum Gasteiger partial charge on any atom is 0.124 e. The number of ether oxygens (including phenoxy) is 1. The second-order valence-electron chi connectivity index (χ2n) is 4.68. The summed E-state index contributed by atoms with van der Waals surface area (Å²) in [6, 6.07) is 8.44. The highest BCUT2D eigenvalue weighted by molar-refractivity contribution is 7.09. The van der Waals surface area contributed by atoms with Gasteiger partial charge in [-0.1, -0.05) is 32.0 Å². The van der Waals surface area contributed by atoms with Gasteiger partial charge in [0.1, 0.15) is 5.75 Å². The van der Waals surface area contributed by atoms with Gasteiger partial charge >= 0.3 is 0 Å². The van der Waals surface area contributed by atoms with Crippen LogP contribution in [0.4, 0.5) is 0 Å². The third-order valence-corrected chi connectivity index (χ3v) is 3.87. The molecule has 1 aromatic carbocycles. The minimum absolute atomic E-state index is 0.163. The third-order valence-electron chi connectivity index (χ3n) is 3.03. The van der Waals surface area contributed by atoms with E-state index in [0.29, 0.717) is 0 Å². The molecule has 0 saturated carbocycles. The van der Waals surface area contributed by atoms with Gasteiger partial charge in [-0.05, 0) is 25.5 Å². The van der Waals surface area contributed by atoms with Crippen molar-refractivity contribution in [3.8, 4) is 5.75 Å². The average Bonchev–Trinajstić information content (AvgIpc) is 3.01. The summed E-state index contributed by atoms with van der Waals surface area (Å²) in [4.78, 5) is 5.43. The molecule has 0 spiro atoms. The lowest BCUT2D eigenvalue weighted by molar-refractivity contribution is 0.312. The van der Waals surface area contributed by atoms with Crippen molar-refractivity contribution >= 4 is 11.3 Å². The first-order valence-corrected chi connectivity index (χ1v) is 8.08. The molecule has 0 saturated heterocycles. The van der Waals surface area contributed by atoms with Crippen LogP contribution in [0.1, 0.15) is 43.2 Å². The molecule has 20 heavy (non-hydrogen) atoms. The molecule has 108 valence electrons. The Hall–Kier alpha value is -1.39. The first-order valence-electron chi connectivity index (χ1n) is 7.20. The van der Waals surface area contributed by atoms with E-state index in [1.54, 1.807) is 11.3 Å². The quantitative estimate of drug-likeness (QED) is 0.797. The Morgan fingerprint density at radius 2 is 2.10 bits per heavy atom. The molecule has 3 nitrogen and oxygen atoms in total. The van der Waals surface area contributed by atoms with Gasteiger partial charge in [0.15, 0.2) is 0 Å². The van der Waals surface area contributed by atoms with Gasteiger partial charge in [0.05, 0.1) is 18.2 Å². The number of aromatic nitrogens is 1. The predicted molar refractivity (Wildman–Crippen MR) is 84.5 cm³/mol. The number of hydrogen-bond donors (Lipinski definition) is 1. The SMILES string of the molecule is CCCNC(c1cncs1)c1ccccc1OCCC. The first-order chi connectivity index (χ1) is 9.86. The Labute approximate surface area is 125 Å². The van der Waals surface area contributed by atoms with E-state index in [0.717, 1.165) is 31.7 Å². The fourth-order valence-corrected chi connectivity index (χ4v) is 2.79. The molecule has 1 N–H and O–H groups in total. The first kappa shape index (κ1) is 15.0. The van der Waals surface area contributed by atoms with E-state index < -0.39 is 0 Å². The topological polar surface area (TPSA) is 34.2 Å². The van der Waals surface area contributed by atoms with Gasteiger partial charge in [-0.2, -0.15) is 0 Å². The smallest absolute Gasteiger partial charge is 0.124 e. The van der Waals surface area contributed by atoms with Gasteiger partial charge in [-0.3, -0.25) is 4.98 Å². The van der Waals surface area contributed by atoms with E-state index in [4.69, 9.17) is 4.74 Å². The summed E-state index contributed by atoms with van der Waals surface area (Å²) < 4.78 is 5.89. The monoisotopic (exact) mass is 290 g/mol. The predicted octanol–water partition coefficient (Wildman–Crippen LogP) is 4.02. The van der Waals surface area contributed by atoms with Gasteiger partial charge in [0.2, 0.25) is 0 Å². The van der Waals surface area contributed by atoms with Crippen LogP contribution in [0, 0.1) is 0 Å². The van der Waals surface area contributed by atoms with E-state index in [-0.39, 0.29) is 6.04 Å². The standard InChI is InChI=1S/C16H22N2OS/c1-3-9-18-16(15-11-17-12-20-15)13-7-5-6-8-14(13)19-10-4-2/h5-8,11-12,16,18H,3-4,9-10H2,1-2H3. The van der Waals surface area contributed by atoms with Gasteiger partial charge < -0.3 is 10.1 Å². The van der Waals surface area contributed by atoms with E-state index in [2.05, 4.69) is 36.3 Å². The molecule has 0 aliphatic rings. The molecule has 1 unspecified atom stereocenters. The zero-order valence-corrected chi connectivity index (χ0v) is 13.0. The number of para-hydroxylation sites is 1. The average molecular weight is 290 g/mol. The zero-order valence-electron chi connectivity index (χ0n) is 12.1. The van der Waals surface area contributed by atoms with Crippen LogP contribution >= 0.6 is 11.3 Å². The normalized spacial score (nSPS) is 12.3. The highest BCUT2D eigenvalue weighted by Crippen LogP contribution is 2.31. The van der Waals surface area contributed by atoms with Crippen molar-refractivity contribution < 1.29 is 4.74 Å². The maximum atomic E-state index is 5.89. The van der Waals surface area contributed by atoms with E-state index in [9.17, 15) is 0 Å². The van der Waals surface area contributed by atoms with Crippen LogP contribution in [0.15, 0.2) is 36.0 Å². The fraction of sp³-hybridized carbons (Fsp3) is 0.438. The summed E-state index contributed by atoms with van der Waals surface area (Å²) in [7, 11) is 0. The number of hydrogen-bond acceptors (Lipinski definition) is 4. The number of thiazole rings is 1. The summed E-state index contributed by atoms with van der Waals surface area (Å²) in [5.41, 5.74) is 3.07. The van der Waals surface area contributed by atoms with Gasteiger partial charge in [0, 0.05) is 16.6 Å². The van der Waals surface area contributed by atoms with Gasteiger partial charge in [0.25, 0.3) is 0 Å². The molecule has 2 rings (SSSR count). The molecular formula is C16H22N2OS. The van der Waals surface area contributed by atoms with Crippen LogP contribution < -0.4 is 10.1 Å². The molecule has 0 fully saturated rings. The van der Waals surface area contributed by atoms with Crippen LogP contribution in [0.3, 0.4) is 0 Å². The summed E-state index contributed by atoms with van der Waals surface area (Å²) in [5, 5.41) is 3.60. The lowest BCUT2D eigenvalue weighted by Crippen LogP contribution is -2.23. The zero-order chi connectivity index (χ0) is 14.2. The largest absolute Gasteiger partial charge is 0.493 e. The van der Waals surface area contributed by atoms with E-state index in [1.165, 1.54) is 10.4 Å². The lowest BCUT2D eigenvalue weighted by atomic mass is 10.0. The maximum absolute atomic E-state index is 5.89. The van der Waals surface area contributed by atoms with Crippen molar-refractivity contribution in [3.05, 3.63) is 46.4 Å². The number of nitrogens with zero attached hydrogens (tertiary/aromatic N) is 1. The fourth-order valence-electron chi connectivity index (χ4n) is 2.08. The number of rotatable bonds is 8. The molecule has 0 aliphatic carbocycles. The molecule has 0 aliphatic heterocycles. The highest BCUT2D eigenvalue weighted by atomic mass is 32.1. The van der Waals surface area contributed by atoms with Crippen LogP contribution in [-0.4, -0.2) is 18.1 Å². The molecule has 4 heteroatoms. The van der Waals surface area contributed by atoms with Gasteiger partial charge in [-0.25, -0.2) is 0 Å². The van der Waals surface area contributed by atoms with Crippen LogP contribution in [-0.2, 0) is 0 Å². The summed E-state index contributed by atoms with van der Waals surface area (Å²) >= 11 is 1.68. The van der Waals surface area contributed by atoms with Crippen molar-refractivity contribution in [2.75, 3.05) is 13.2 Å². The summed E-state index contributed by atoms with van der Waals surface area (Å²) in [5.74, 6) is 0.969. The second-order valence-corrected chi connectivity index (χ2v) is 5.60. The van der Waals surface area contributed by atoms with E-state index >= 15 is 0 Å². The summed E-state index contributed by atoms with van der Waals surface area (Å²) in [6.45, 7) is 6.03. The molecule has 0 radical (unpaired) electrons.